The summed E-state index contributed by atoms with van der Waals surface area (Å²) in [6.07, 6.45) is 0.649. The van der Waals surface area contributed by atoms with Crippen molar-refractivity contribution < 1.29 is 27.8 Å². The minimum atomic E-state index is -2.94. The van der Waals surface area contributed by atoms with E-state index < -0.39 is 18.4 Å². The molecule has 7 nitrogen and oxygen atoms in total. The third kappa shape index (κ3) is 5.81. The molecule has 3 rings (SSSR count). The number of carbonyl (C=O) groups is 1. The maximum absolute atomic E-state index is 14.4. The van der Waals surface area contributed by atoms with Crippen LogP contribution in [0.5, 0.6) is 17.4 Å². The number of nitrogens with zero attached hydrogens (tertiary/aromatic N) is 2. The number of rotatable bonds is 8. The Morgan fingerprint density at radius 1 is 1.16 bits per heavy atom. The molecule has 1 fully saturated rings. The van der Waals surface area contributed by atoms with Crippen LogP contribution in [0.3, 0.4) is 0 Å². The van der Waals surface area contributed by atoms with Crippen LogP contribution in [0.1, 0.15) is 24.0 Å². The Hall–Kier alpha value is -2.94. The van der Waals surface area contributed by atoms with Crippen LogP contribution >= 0.6 is 0 Å². The zero-order chi connectivity index (χ0) is 22.4. The monoisotopic (exact) mass is 435 g/mol. The second-order valence-corrected chi connectivity index (χ2v) is 7.39. The second kappa shape index (κ2) is 9.91. The van der Waals surface area contributed by atoms with Crippen molar-refractivity contribution in [2.24, 2.45) is 0 Å². The maximum Gasteiger partial charge on any atom is 0.251 e. The molecular formula is C22H27F2N3O4. The lowest BCUT2D eigenvalue weighted by molar-refractivity contribution is -0.133. The molecule has 168 valence electrons. The van der Waals surface area contributed by atoms with Gasteiger partial charge in [0.1, 0.15) is 11.5 Å². The summed E-state index contributed by atoms with van der Waals surface area (Å²) in [6, 6.07) is 7.68. The van der Waals surface area contributed by atoms with Crippen molar-refractivity contribution in [3.05, 3.63) is 47.7 Å². The summed E-state index contributed by atoms with van der Waals surface area (Å²) in [5.41, 5.74) is 1.49. The minimum Gasteiger partial charge on any atom is -0.497 e. The van der Waals surface area contributed by atoms with Crippen molar-refractivity contribution in [3.63, 3.8) is 0 Å². The van der Waals surface area contributed by atoms with Gasteiger partial charge < -0.3 is 24.4 Å². The van der Waals surface area contributed by atoms with Crippen molar-refractivity contribution in [1.82, 2.24) is 15.2 Å². The molecule has 31 heavy (non-hydrogen) atoms. The highest BCUT2D eigenvalue weighted by molar-refractivity contribution is 5.82. The van der Waals surface area contributed by atoms with Crippen molar-refractivity contribution in [3.8, 4) is 17.4 Å². The number of hydrogen-bond donors (Lipinski definition) is 1. The molecule has 2 aromatic rings. The molecule has 1 atom stereocenters. The molecule has 1 amide bonds. The third-order valence-corrected chi connectivity index (χ3v) is 5.27. The van der Waals surface area contributed by atoms with Crippen LogP contribution < -0.4 is 19.5 Å². The molecule has 0 spiro atoms. The molecule has 1 aliphatic rings. The van der Waals surface area contributed by atoms with E-state index in [1.165, 1.54) is 19.1 Å². The zero-order valence-electron chi connectivity index (χ0n) is 17.9. The van der Waals surface area contributed by atoms with Gasteiger partial charge in [0, 0.05) is 56.4 Å². The number of amides is 1. The molecule has 1 aliphatic heterocycles. The fourth-order valence-corrected chi connectivity index (χ4v) is 3.50. The van der Waals surface area contributed by atoms with Gasteiger partial charge in [-0.1, -0.05) is 6.07 Å². The van der Waals surface area contributed by atoms with E-state index in [1.807, 2.05) is 0 Å². The second-order valence-electron chi connectivity index (χ2n) is 7.39. The van der Waals surface area contributed by atoms with Crippen molar-refractivity contribution in [1.29, 1.82) is 0 Å². The van der Waals surface area contributed by atoms with Gasteiger partial charge in [-0.3, -0.25) is 4.79 Å². The van der Waals surface area contributed by atoms with Gasteiger partial charge in [0.05, 0.1) is 27.4 Å². The van der Waals surface area contributed by atoms with Crippen LogP contribution in [0.15, 0.2) is 36.5 Å². The molecule has 1 saturated heterocycles. The minimum absolute atomic E-state index is 0.0384. The first-order valence-corrected chi connectivity index (χ1v) is 9.95. The molecule has 0 radical (unpaired) electrons. The summed E-state index contributed by atoms with van der Waals surface area (Å²) >= 11 is 0. The average Bonchev–Trinajstić information content (AvgIpc) is 2.89. The smallest absolute Gasteiger partial charge is 0.251 e. The Morgan fingerprint density at radius 2 is 1.97 bits per heavy atom. The Balaban J connectivity index is 1.74. The highest BCUT2D eigenvalue weighted by atomic mass is 19.3. The first kappa shape index (κ1) is 22.7. The van der Waals surface area contributed by atoms with Crippen LogP contribution in [0, 0.1) is 0 Å². The van der Waals surface area contributed by atoms with E-state index in [-0.39, 0.29) is 32.0 Å². The molecule has 1 aromatic carbocycles. The molecule has 1 aromatic heterocycles. The van der Waals surface area contributed by atoms with E-state index >= 15 is 0 Å². The average molecular weight is 435 g/mol. The molecule has 0 aliphatic carbocycles. The highest BCUT2D eigenvalue weighted by Gasteiger charge is 2.41. The summed E-state index contributed by atoms with van der Waals surface area (Å²) in [5, 5.41) is 2.98. The van der Waals surface area contributed by atoms with Crippen LogP contribution in [-0.4, -0.2) is 55.6 Å². The molecule has 0 bridgehead atoms. The Morgan fingerprint density at radius 3 is 2.61 bits per heavy atom. The topological polar surface area (TPSA) is 72.9 Å². The van der Waals surface area contributed by atoms with E-state index in [0.717, 1.165) is 11.1 Å². The predicted molar refractivity (Wildman–Crippen MR) is 111 cm³/mol. The lowest BCUT2D eigenvalue weighted by Gasteiger charge is -2.25. The number of benzene rings is 1. The molecule has 0 saturated carbocycles. The molecule has 1 N–H and O–H groups in total. The van der Waals surface area contributed by atoms with E-state index in [0.29, 0.717) is 17.4 Å². The summed E-state index contributed by atoms with van der Waals surface area (Å²) in [6.45, 7) is 0.372. The van der Waals surface area contributed by atoms with Crippen LogP contribution in [-0.2, 0) is 17.9 Å². The summed E-state index contributed by atoms with van der Waals surface area (Å²) in [7, 11) is 4.58. The van der Waals surface area contributed by atoms with Gasteiger partial charge in [0.25, 0.3) is 5.92 Å². The van der Waals surface area contributed by atoms with Gasteiger partial charge in [-0.25, -0.2) is 13.8 Å². The third-order valence-electron chi connectivity index (χ3n) is 5.27. The van der Waals surface area contributed by atoms with Gasteiger partial charge in [-0.2, -0.15) is 0 Å². The summed E-state index contributed by atoms with van der Waals surface area (Å²) < 4.78 is 44.4. The van der Waals surface area contributed by atoms with Crippen molar-refractivity contribution in [2.75, 3.05) is 27.9 Å². The van der Waals surface area contributed by atoms with E-state index in [1.54, 1.807) is 43.6 Å². The van der Waals surface area contributed by atoms with Gasteiger partial charge in [-0.05, 0) is 17.7 Å². The van der Waals surface area contributed by atoms with E-state index in [2.05, 4.69) is 10.3 Å². The lowest BCUT2D eigenvalue weighted by atomic mass is 10.1. The van der Waals surface area contributed by atoms with Crippen LogP contribution in [0.4, 0.5) is 8.78 Å². The normalized spacial score (nSPS) is 18.4. The molecule has 0 unspecified atom stereocenters. The standard InChI is InChI=1S/C22H27F2N3O4/c1-29-17-6-5-16(19(10-17)30-2)14-27-9-8-22(23,24)11-18(21(27)28)25-12-15-4-7-20(31-3)26-13-15/h4-7,10,13,18,25H,8-9,11-12,14H2,1-3H3/t18-/m1/s1. The number of pyridine rings is 1. The Bertz CT molecular complexity index is 893. The number of ether oxygens (including phenoxy) is 3. The number of aromatic nitrogens is 1. The first-order valence-electron chi connectivity index (χ1n) is 9.95. The number of methoxy groups -OCH3 is 3. The maximum atomic E-state index is 14.4. The number of likely N-dealkylation sites (tertiary alicyclic amines) is 1. The number of nitrogens with one attached hydrogen (secondary N) is 1. The zero-order valence-corrected chi connectivity index (χ0v) is 17.9. The Labute approximate surface area is 180 Å². The van der Waals surface area contributed by atoms with Gasteiger partial charge in [-0.15, -0.1) is 0 Å². The largest absolute Gasteiger partial charge is 0.497 e. The number of hydrogen-bond acceptors (Lipinski definition) is 6. The highest BCUT2D eigenvalue weighted by Crippen LogP contribution is 2.31. The van der Waals surface area contributed by atoms with Gasteiger partial charge in [0.15, 0.2) is 0 Å². The molecule has 9 heteroatoms. The Kier molecular flexibility index (Phi) is 7.27. The number of halogens is 2. The van der Waals surface area contributed by atoms with Crippen molar-refractivity contribution in [2.45, 2.75) is 37.9 Å². The van der Waals surface area contributed by atoms with Gasteiger partial charge in [0.2, 0.25) is 11.8 Å². The lowest BCUT2D eigenvalue weighted by Crippen LogP contribution is -2.45. The fourth-order valence-electron chi connectivity index (χ4n) is 3.50. The predicted octanol–water partition coefficient (Wildman–Crippen LogP) is 3.02. The van der Waals surface area contributed by atoms with Crippen LogP contribution in [0.2, 0.25) is 0 Å². The summed E-state index contributed by atoms with van der Waals surface area (Å²) in [5.74, 6) is -1.69. The van der Waals surface area contributed by atoms with Gasteiger partial charge >= 0.3 is 0 Å². The molecule has 2 heterocycles. The van der Waals surface area contributed by atoms with Crippen LogP contribution in [0.25, 0.3) is 0 Å². The fraction of sp³-hybridized carbons (Fsp3) is 0.455. The summed E-state index contributed by atoms with van der Waals surface area (Å²) in [4.78, 5) is 18.7. The van der Waals surface area contributed by atoms with E-state index in [4.69, 9.17) is 14.2 Å². The number of carbonyl (C=O) groups excluding carboxylic acids is 1. The molecular weight excluding hydrogens is 408 g/mol. The van der Waals surface area contributed by atoms with Crippen molar-refractivity contribution >= 4 is 5.91 Å². The SMILES string of the molecule is COc1ccc(CN2CCC(F)(F)C[C@@H](NCc3ccc(OC)nc3)C2=O)c(OC)c1. The first-order chi connectivity index (χ1) is 14.8. The quantitative estimate of drug-likeness (QED) is 0.687. The van der Waals surface area contributed by atoms with E-state index in [9.17, 15) is 13.6 Å². The number of alkyl halides is 2.